The van der Waals surface area contributed by atoms with Gasteiger partial charge in [0.05, 0.1) is 7.11 Å². The summed E-state index contributed by atoms with van der Waals surface area (Å²) in [6.07, 6.45) is 0. The lowest BCUT2D eigenvalue weighted by molar-refractivity contribution is 0.102. The van der Waals surface area contributed by atoms with Crippen molar-refractivity contribution in [2.75, 3.05) is 12.4 Å². The fourth-order valence-corrected chi connectivity index (χ4v) is 2.64. The van der Waals surface area contributed by atoms with Crippen LogP contribution in [0.25, 0.3) is 10.6 Å². The zero-order chi connectivity index (χ0) is 15.4. The molecular formula is C16H13N3O2S. The van der Waals surface area contributed by atoms with Crippen molar-refractivity contribution >= 4 is 22.4 Å². The van der Waals surface area contributed by atoms with Gasteiger partial charge in [0.2, 0.25) is 5.13 Å². The molecule has 3 aromatic rings. The molecular weight excluding hydrogens is 298 g/mol. The lowest BCUT2D eigenvalue weighted by Gasteiger charge is -2.01. The number of rotatable bonds is 4. The van der Waals surface area contributed by atoms with Crippen LogP contribution >= 0.6 is 11.3 Å². The van der Waals surface area contributed by atoms with E-state index in [1.165, 1.54) is 11.3 Å². The van der Waals surface area contributed by atoms with Crippen LogP contribution in [0.4, 0.5) is 5.13 Å². The number of carbonyl (C=O) groups excluding carboxylic acids is 1. The van der Waals surface area contributed by atoms with Gasteiger partial charge < -0.3 is 4.74 Å². The second kappa shape index (κ2) is 6.36. The summed E-state index contributed by atoms with van der Waals surface area (Å²) in [6, 6.07) is 16.5. The van der Waals surface area contributed by atoms with Crippen LogP contribution in [0.2, 0.25) is 0 Å². The van der Waals surface area contributed by atoms with Gasteiger partial charge >= 0.3 is 0 Å². The van der Waals surface area contributed by atoms with Crippen LogP contribution < -0.4 is 10.1 Å². The Kier molecular flexibility index (Phi) is 4.11. The number of ether oxygens (including phenoxy) is 1. The first-order chi connectivity index (χ1) is 10.8. The Bertz CT molecular complexity index is 787. The summed E-state index contributed by atoms with van der Waals surface area (Å²) in [7, 11) is 1.62. The highest BCUT2D eigenvalue weighted by Gasteiger charge is 2.11. The van der Waals surface area contributed by atoms with Crippen molar-refractivity contribution < 1.29 is 9.53 Å². The van der Waals surface area contributed by atoms with Crippen molar-refractivity contribution in [3.05, 3.63) is 60.2 Å². The molecule has 0 fully saturated rings. The van der Waals surface area contributed by atoms with E-state index in [4.69, 9.17) is 4.74 Å². The number of amides is 1. The molecule has 0 aliphatic rings. The molecule has 5 nitrogen and oxygen atoms in total. The third kappa shape index (κ3) is 3.12. The highest BCUT2D eigenvalue weighted by molar-refractivity contribution is 7.18. The van der Waals surface area contributed by atoms with E-state index < -0.39 is 0 Å². The van der Waals surface area contributed by atoms with Crippen LogP contribution in [0, 0.1) is 0 Å². The molecule has 0 atom stereocenters. The number of hydrogen-bond acceptors (Lipinski definition) is 5. The third-order valence-corrected chi connectivity index (χ3v) is 3.89. The minimum Gasteiger partial charge on any atom is -0.497 e. The predicted octanol–water partition coefficient (Wildman–Crippen LogP) is 3.47. The van der Waals surface area contributed by atoms with Crippen LogP contribution in [0.3, 0.4) is 0 Å². The number of nitrogens with zero attached hydrogens (tertiary/aromatic N) is 2. The topological polar surface area (TPSA) is 64.1 Å². The van der Waals surface area contributed by atoms with Crippen LogP contribution in [-0.4, -0.2) is 23.2 Å². The highest BCUT2D eigenvalue weighted by atomic mass is 32.1. The van der Waals surface area contributed by atoms with E-state index in [0.29, 0.717) is 10.7 Å². The van der Waals surface area contributed by atoms with Gasteiger partial charge in [0.25, 0.3) is 5.91 Å². The fraction of sp³-hybridized carbons (Fsp3) is 0.0625. The Morgan fingerprint density at radius 3 is 2.68 bits per heavy atom. The lowest BCUT2D eigenvalue weighted by atomic mass is 10.2. The molecule has 2 aromatic carbocycles. The predicted molar refractivity (Wildman–Crippen MR) is 86.3 cm³/mol. The first kappa shape index (κ1) is 14.2. The quantitative estimate of drug-likeness (QED) is 0.801. The second-order valence-electron chi connectivity index (χ2n) is 4.46. The summed E-state index contributed by atoms with van der Waals surface area (Å²) in [5.41, 5.74) is 1.48. The van der Waals surface area contributed by atoms with Crippen molar-refractivity contribution in [3.63, 3.8) is 0 Å². The van der Waals surface area contributed by atoms with Crippen LogP contribution in [0.1, 0.15) is 10.4 Å². The molecule has 0 unspecified atom stereocenters. The Morgan fingerprint density at radius 1 is 1.09 bits per heavy atom. The van der Waals surface area contributed by atoms with Gasteiger partial charge in [-0.25, -0.2) is 0 Å². The van der Waals surface area contributed by atoms with E-state index in [2.05, 4.69) is 15.5 Å². The van der Waals surface area contributed by atoms with Gasteiger partial charge in [-0.1, -0.05) is 41.7 Å². The van der Waals surface area contributed by atoms with Gasteiger partial charge in [-0.2, -0.15) is 0 Å². The zero-order valence-electron chi connectivity index (χ0n) is 11.8. The highest BCUT2D eigenvalue weighted by Crippen LogP contribution is 2.28. The zero-order valence-corrected chi connectivity index (χ0v) is 12.6. The van der Waals surface area contributed by atoms with Crippen LogP contribution in [0.15, 0.2) is 54.6 Å². The molecule has 1 heterocycles. The minimum absolute atomic E-state index is 0.200. The van der Waals surface area contributed by atoms with Gasteiger partial charge in [-0.05, 0) is 24.3 Å². The summed E-state index contributed by atoms with van der Waals surface area (Å²) < 4.78 is 5.19. The van der Waals surface area contributed by atoms with Gasteiger partial charge in [0, 0.05) is 11.1 Å². The summed E-state index contributed by atoms with van der Waals surface area (Å²) in [6.45, 7) is 0. The molecule has 110 valence electrons. The summed E-state index contributed by atoms with van der Waals surface area (Å²) in [5, 5.41) is 12.1. The molecule has 0 saturated heterocycles. The molecule has 1 N–H and O–H groups in total. The van der Waals surface area contributed by atoms with Crippen molar-refractivity contribution in [1.82, 2.24) is 10.2 Å². The molecule has 1 amide bonds. The van der Waals surface area contributed by atoms with Gasteiger partial charge in [0.1, 0.15) is 10.8 Å². The van der Waals surface area contributed by atoms with Crippen molar-refractivity contribution in [2.45, 2.75) is 0 Å². The summed E-state index contributed by atoms with van der Waals surface area (Å²) in [5.74, 6) is 0.552. The molecule has 0 aliphatic carbocycles. The maximum Gasteiger partial charge on any atom is 0.257 e. The van der Waals surface area contributed by atoms with E-state index in [-0.39, 0.29) is 5.91 Å². The number of carbonyl (C=O) groups is 1. The largest absolute Gasteiger partial charge is 0.497 e. The number of methoxy groups -OCH3 is 1. The molecule has 1 aromatic heterocycles. The van der Waals surface area contributed by atoms with E-state index in [0.717, 1.165) is 16.3 Å². The standard InChI is InChI=1S/C16H13N3O2S/c1-21-13-9-5-8-12(10-13)15-18-19-16(22-15)17-14(20)11-6-3-2-4-7-11/h2-10H,1H3,(H,17,19,20). The average molecular weight is 311 g/mol. The maximum absolute atomic E-state index is 12.1. The first-order valence-corrected chi connectivity index (χ1v) is 7.42. The number of hydrogen-bond donors (Lipinski definition) is 1. The number of anilines is 1. The molecule has 0 aliphatic heterocycles. The Morgan fingerprint density at radius 2 is 1.91 bits per heavy atom. The molecule has 0 saturated carbocycles. The van der Waals surface area contributed by atoms with E-state index in [9.17, 15) is 4.79 Å². The SMILES string of the molecule is COc1cccc(-c2nnc(NC(=O)c3ccccc3)s2)c1. The molecule has 0 spiro atoms. The van der Waals surface area contributed by atoms with E-state index in [1.54, 1.807) is 19.2 Å². The molecule has 3 rings (SSSR count). The third-order valence-electron chi connectivity index (χ3n) is 3.00. The van der Waals surface area contributed by atoms with E-state index in [1.807, 2.05) is 42.5 Å². The Labute approximate surface area is 131 Å². The maximum atomic E-state index is 12.1. The minimum atomic E-state index is -0.200. The van der Waals surface area contributed by atoms with Crippen molar-refractivity contribution in [1.29, 1.82) is 0 Å². The molecule has 0 radical (unpaired) electrons. The van der Waals surface area contributed by atoms with Crippen LogP contribution in [-0.2, 0) is 0 Å². The number of aromatic nitrogens is 2. The Balaban J connectivity index is 1.78. The smallest absolute Gasteiger partial charge is 0.257 e. The lowest BCUT2D eigenvalue weighted by Crippen LogP contribution is -2.11. The molecule has 22 heavy (non-hydrogen) atoms. The van der Waals surface area contributed by atoms with Crippen molar-refractivity contribution in [2.24, 2.45) is 0 Å². The van der Waals surface area contributed by atoms with E-state index >= 15 is 0 Å². The van der Waals surface area contributed by atoms with Crippen molar-refractivity contribution in [3.8, 4) is 16.3 Å². The first-order valence-electron chi connectivity index (χ1n) is 6.60. The van der Waals surface area contributed by atoms with Gasteiger partial charge in [-0.15, -0.1) is 10.2 Å². The van der Waals surface area contributed by atoms with Gasteiger partial charge in [-0.3, -0.25) is 10.1 Å². The average Bonchev–Trinajstić information content (AvgIpc) is 3.04. The normalized spacial score (nSPS) is 10.2. The summed E-state index contributed by atoms with van der Waals surface area (Å²) in [4.78, 5) is 12.1. The number of nitrogens with one attached hydrogen (secondary N) is 1. The second-order valence-corrected chi connectivity index (χ2v) is 5.44. The van der Waals surface area contributed by atoms with Gasteiger partial charge in [0.15, 0.2) is 0 Å². The molecule has 0 bridgehead atoms. The Hall–Kier alpha value is -2.73. The monoisotopic (exact) mass is 311 g/mol. The van der Waals surface area contributed by atoms with Crippen LogP contribution in [0.5, 0.6) is 5.75 Å². The molecule has 6 heteroatoms. The summed E-state index contributed by atoms with van der Waals surface area (Å²) >= 11 is 1.32. The fourth-order valence-electron chi connectivity index (χ4n) is 1.91. The number of benzene rings is 2.